The van der Waals surface area contributed by atoms with Crippen molar-refractivity contribution >= 4 is 5.91 Å². The van der Waals surface area contributed by atoms with E-state index in [-0.39, 0.29) is 25.7 Å². The van der Waals surface area contributed by atoms with Crippen LogP contribution < -0.4 is 5.73 Å². The van der Waals surface area contributed by atoms with Crippen molar-refractivity contribution in [1.82, 2.24) is 4.90 Å². The number of carbonyl (C=O) groups is 1. The summed E-state index contributed by atoms with van der Waals surface area (Å²) < 4.78 is 9.52. The Morgan fingerprint density at radius 3 is 2.40 bits per heavy atom. The molecule has 0 aromatic heterocycles. The first-order valence-electron chi connectivity index (χ1n) is 4.69. The molecule has 3 N–H and O–H groups in total. The third-order valence-corrected chi connectivity index (χ3v) is 1.88. The van der Waals surface area contributed by atoms with Gasteiger partial charge in [-0.15, -0.1) is 0 Å². The van der Waals surface area contributed by atoms with Crippen molar-refractivity contribution in [3.8, 4) is 0 Å². The summed E-state index contributed by atoms with van der Waals surface area (Å²) in [6, 6.07) is -0.685. The minimum Gasteiger partial charge on any atom is -0.389 e. The Labute approximate surface area is 89.9 Å². The zero-order valence-corrected chi connectivity index (χ0v) is 9.47. The lowest BCUT2D eigenvalue weighted by Crippen LogP contribution is -2.47. The molecule has 0 aliphatic carbocycles. The fourth-order valence-corrected chi connectivity index (χ4v) is 1.19. The summed E-state index contributed by atoms with van der Waals surface area (Å²) in [6.07, 6.45) is -0.696. The third kappa shape index (κ3) is 5.68. The smallest absolute Gasteiger partial charge is 0.241 e. The van der Waals surface area contributed by atoms with Gasteiger partial charge in [-0.2, -0.15) is 0 Å². The van der Waals surface area contributed by atoms with E-state index in [9.17, 15) is 9.90 Å². The van der Waals surface area contributed by atoms with Crippen molar-refractivity contribution in [3.05, 3.63) is 0 Å². The van der Waals surface area contributed by atoms with Crippen LogP contribution in [-0.4, -0.2) is 69.1 Å². The molecular formula is C9H20N2O4. The first kappa shape index (κ1) is 14.3. The summed E-state index contributed by atoms with van der Waals surface area (Å²) in [6.45, 7) is 0.560. The third-order valence-electron chi connectivity index (χ3n) is 1.88. The summed E-state index contributed by atoms with van der Waals surface area (Å²) in [5.74, 6) is -0.257. The van der Waals surface area contributed by atoms with Crippen LogP contribution in [0.15, 0.2) is 0 Å². The zero-order valence-electron chi connectivity index (χ0n) is 9.47. The molecule has 0 aliphatic rings. The summed E-state index contributed by atoms with van der Waals surface area (Å²) in [5.41, 5.74) is 5.55. The molecule has 0 saturated heterocycles. The molecule has 0 saturated carbocycles. The van der Waals surface area contributed by atoms with Crippen LogP contribution in [0.2, 0.25) is 0 Å². The monoisotopic (exact) mass is 220 g/mol. The highest BCUT2D eigenvalue weighted by atomic mass is 16.5. The largest absolute Gasteiger partial charge is 0.389 e. The van der Waals surface area contributed by atoms with Crippen LogP contribution in [0.25, 0.3) is 0 Å². The van der Waals surface area contributed by atoms with Crippen LogP contribution >= 0.6 is 0 Å². The Morgan fingerprint density at radius 1 is 1.40 bits per heavy atom. The van der Waals surface area contributed by atoms with E-state index in [4.69, 9.17) is 15.2 Å². The van der Waals surface area contributed by atoms with Crippen LogP contribution in [-0.2, 0) is 14.3 Å². The molecule has 0 aromatic rings. The van der Waals surface area contributed by atoms with E-state index < -0.39 is 12.1 Å². The van der Waals surface area contributed by atoms with Gasteiger partial charge in [0.15, 0.2) is 0 Å². The fraction of sp³-hybridized carbons (Fsp3) is 0.889. The number of ether oxygens (including phenoxy) is 2. The number of rotatable bonds is 7. The Bertz CT molecular complexity index is 189. The molecule has 2 unspecified atom stereocenters. The van der Waals surface area contributed by atoms with Gasteiger partial charge in [-0.25, -0.2) is 0 Å². The van der Waals surface area contributed by atoms with Gasteiger partial charge < -0.3 is 25.2 Å². The van der Waals surface area contributed by atoms with E-state index >= 15 is 0 Å². The average molecular weight is 220 g/mol. The first-order valence-corrected chi connectivity index (χ1v) is 4.69. The lowest BCUT2D eigenvalue weighted by Gasteiger charge is -2.23. The Morgan fingerprint density at radius 2 is 1.93 bits per heavy atom. The number of likely N-dealkylation sites (N-methyl/N-ethyl adjacent to an activating group) is 1. The van der Waals surface area contributed by atoms with E-state index in [1.165, 1.54) is 19.1 Å². The molecule has 90 valence electrons. The number of methoxy groups -OCH3 is 2. The summed E-state index contributed by atoms with van der Waals surface area (Å²) in [7, 11) is 4.55. The molecule has 0 fully saturated rings. The minimum atomic E-state index is -0.696. The van der Waals surface area contributed by atoms with E-state index in [1.54, 1.807) is 7.05 Å². The SMILES string of the molecule is COCC(O)CN(C)C(=O)C(N)COC. The highest BCUT2D eigenvalue weighted by Crippen LogP contribution is 1.94. The second-order valence-corrected chi connectivity index (χ2v) is 3.39. The molecule has 0 radical (unpaired) electrons. The maximum absolute atomic E-state index is 11.5. The quantitative estimate of drug-likeness (QED) is 0.541. The average Bonchev–Trinajstić information content (AvgIpc) is 2.17. The number of nitrogens with two attached hydrogens (primary N) is 1. The van der Waals surface area contributed by atoms with Crippen LogP contribution in [0.4, 0.5) is 0 Å². The highest BCUT2D eigenvalue weighted by Gasteiger charge is 2.19. The van der Waals surface area contributed by atoms with Gasteiger partial charge in [-0.05, 0) is 0 Å². The molecule has 1 amide bonds. The molecule has 0 spiro atoms. The van der Waals surface area contributed by atoms with Gasteiger partial charge in [0.1, 0.15) is 6.04 Å². The second kappa shape index (κ2) is 7.58. The van der Waals surface area contributed by atoms with E-state index in [1.807, 2.05) is 0 Å². The van der Waals surface area contributed by atoms with Crippen molar-refractivity contribution in [2.45, 2.75) is 12.1 Å². The van der Waals surface area contributed by atoms with Crippen LogP contribution in [0.5, 0.6) is 0 Å². The summed E-state index contributed by atoms with van der Waals surface area (Å²) in [5, 5.41) is 9.39. The Kier molecular flexibility index (Phi) is 7.23. The van der Waals surface area contributed by atoms with E-state index in [2.05, 4.69) is 0 Å². The van der Waals surface area contributed by atoms with Crippen molar-refractivity contribution < 1.29 is 19.4 Å². The topological polar surface area (TPSA) is 85.0 Å². The van der Waals surface area contributed by atoms with Gasteiger partial charge in [-0.1, -0.05) is 0 Å². The molecule has 0 rings (SSSR count). The summed E-state index contributed by atoms with van der Waals surface area (Å²) in [4.78, 5) is 12.9. The first-order chi connectivity index (χ1) is 7.02. The highest BCUT2D eigenvalue weighted by molar-refractivity contribution is 5.81. The number of nitrogens with zero attached hydrogens (tertiary/aromatic N) is 1. The molecule has 0 bridgehead atoms. The van der Waals surface area contributed by atoms with Gasteiger partial charge >= 0.3 is 0 Å². The molecule has 6 heteroatoms. The van der Waals surface area contributed by atoms with Gasteiger partial charge in [-0.3, -0.25) is 4.79 Å². The predicted molar refractivity (Wildman–Crippen MR) is 55.4 cm³/mol. The lowest BCUT2D eigenvalue weighted by atomic mass is 10.2. The van der Waals surface area contributed by atoms with Crippen LogP contribution in [0.1, 0.15) is 0 Å². The zero-order chi connectivity index (χ0) is 11.8. The fourth-order valence-electron chi connectivity index (χ4n) is 1.19. The van der Waals surface area contributed by atoms with Crippen molar-refractivity contribution in [3.63, 3.8) is 0 Å². The number of aliphatic hydroxyl groups is 1. The maximum atomic E-state index is 11.5. The molecule has 0 aliphatic heterocycles. The van der Waals surface area contributed by atoms with Crippen molar-refractivity contribution in [1.29, 1.82) is 0 Å². The Hall–Kier alpha value is -0.690. The summed E-state index contributed by atoms with van der Waals surface area (Å²) >= 11 is 0. The van der Waals surface area contributed by atoms with Gasteiger partial charge in [0.25, 0.3) is 0 Å². The van der Waals surface area contributed by atoms with E-state index in [0.717, 1.165) is 0 Å². The minimum absolute atomic E-state index is 0.170. The molecule has 6 nitrogen and oxygen atoms in total. The standard InChI is InChI=1S/C9H20N2O4/c1-11(4-7(12)5-14-2)9(13)8(10)6-15-3/h7-8,12H,4-6,10H2,1-3H3. The number of carbonyl (C=O) groups excluding carboxylic acids is 1. The number of amides is 1. The normalized spacial score (nSPS) is 14.7. The van der Waals surface area contributed by atoms with Crippen LogP contribution in [0.3, 0.4) is 0 Å². The number of hydrogen-bond acceptors (Lipinski definition) is 5. The predicted octanol–water partition coefficient (Wildman–Crippen LogP) is -1.57. The van der Waals surface area contributed by atoms with Gasteiger partial charge in [0.05, 0.1) is 19.3 Å². The lowest BCUT2D eigenvalue weighted by molar-refractivity contribution is -0.134. The van der Waals surface area contributed by atoms with Crippen LogP contribution in [0, 0.1) is 0 Å². The number of hydrogen-bond donors (Lipinski definition) is 2. The Balaban J connectivity index is 3.97. The van der Waals surface area contributed by atoms with Gasteiger partial charge in [0.2, 0.25) is 5.91 Å². The van der Waals surface area contributed by atoms with Crippen molar-refractivity contribution in [2.75, 3.05) is 41.0 Å². The van der Waals surface area contributed by atoms with Crippen molar-refractivity contribution in [2.24, 2.45) is 5.73 Å². The van der Waals surface area contributed by atoms with Gasteiger partial charge in [0, 0.05) is 27.8 Å². The number of aliphatic hydroxyl groups excluding tert-OH is 1. The maximum Gasteiger partial charge on any atom is 0.241 e. The molecule has 0 aromatic carbocycles. The molecule has 2 atom stereocenters. The second-order valence-electron chi connectivity index (χ2n) is 3.39. The molecular weight excluding hydrogens is 200 g/mol. The van der Waals surface area contributed by atoms with E-state index in [0.29, 0.717) is 0 Å². The molecule has 0 heterocycles. The molecule has 15 heavy (non-hydrogen) atoms.